The largest absolute Gasteiger partial charge is 0.370 e. The molecule has 2 aromatic carbocycles. The summed E-state index contributed by atoms with van der Waals surface area (Å²) in [4.78, 5) is 4.59. The third-order valence-corrected chi connectivity index (χ3v) is 3.76. The van der Waals surface area contributed by atoms with Crippen LogP contribution in [0.4, 0.5) is 11.8 Å². The molecule has 0 amide bonds. The highest BCUT2D eigenvalue weighted by atomic mass is 15.3. The Kier molecular flexibility index (Phi) is 3.27. The number of nitrogens with zero attached hydrogens (tertiary/aromatic N) is 4. The third kappa shape index (κ3) is 2.34. The molecule has 4 aromatic rings. The maximum atomic E-state index is 4.59. The number of benzene rings is 2. The summed E-state index contributed by atoms with van der Waals surface area (Å²) in [6.45, 7) is 0.688. The highest BCUT2D eigenvalue weighted by molar-refractivity contribution is 5.84. The van der Waals surface area contributed by atoms with Crippen molar-refractivity contribution in [3.63, 3.8) is 0 Å². The van der Waals surface area contributed by atoms with Gasteiger partial charge in [-0.1, -0.05) is 42.5 Å². The van der Waals surface area contributed by atoms with Gasteiger partial charge in [0.1, 0.15) is 0 Å². The summed E-state index contributed by atoms with van der Waals surface area (Å²) < 4.78 is 2.00. The van der Waals surface area contributed by atoms with Crippen LogP contribution in [0, 0.1) is 0 Å². The van der Waals surface area contributed by atoms with Crippen molar-refractivity contribution in [3.05, 3.63) is 60.2 Å². The molecule has 2 heterocycles. The summed E-state index contributed by atoms with van der Waals surface area (Å²) in [5.41, 5.74) is 3.77. The van der Waals surface area contributed by atoms with Crippen molar-refractivity contribution in [1.82, 2.24) is 19.6 Å². The lowest BCUT2D eigenvalue weighted by Crippen LogP contribution is -2.05. The Morgan fingerprint density at radius 3 is 2.57 bits per heavy atom. The summed E-state index contributed by atoms with van der Waals surface area (Å²) in [7, 11) is 1.84. The van der Waals surface area contributed by atoms with E-state index in [2.05, 4.69) is 37.9 Å². The van der Waals surface area contributed by atoms with Crippen LogP contribution in [0.3, 0.4) is 0 Å². The van der Waals surface area contributed by atoms with E-state index in [1.807, 2.05) is 53.9 Å². The molecule has 0 saturated heterocycles. The SMILES string of the molecule is CNc1nc2ccccc2n2c(NCc3ccccc3)nnc12. The zero-order chi connectivity index (χ0) is 15.6. The van der Waals surface area contributed by atoms with Crippen molar-refractivity contribution in [2.24, 2.45) is 0 Å². The Labute approximate surface area is 133 Å². The van der Waals surface area contributed by atoms with E-state index in [4.69, 9.17) is 0 Å². The van der Waals surface area contributed by atoms with E-state index in [1.165, 1.54) is 5.56 Å². The van der Waals surface area contributed by atoms with E-state index in [-0.39, 0.29) is 0 Å². The van der Waals surface area contributed by atoms with E-state index in [0.29, 0.717) is 24.0 Å². The number of hydrogen-bond donors (Lipinski definition) is 2. The smallest absolute Gasteiger partial charge is 0.230 e. The average molecular weight is 304 g/mol. The Morgan fingerprint density at radius 2 is 1.74 bits per heavy atom. The standard InChI is InChI=1S/C17H16N6/c1-18-15-16-21-22-17(19-11-12-7-3-2-4-8-12)23(16)14-10-6-5-9-13(14)20-15/h2-10H,11H2,1H3,(H,18,20)(H,19,22). The number of rotatable bonds is 4. The Morgan fingerprint density at radius 1 is 0.957 bits per heavy atom. The molecule has 0 unspecified atom stereocenters. The lowest BCUT2D eigenvalue weighted by atomic mass is 10.2. The minimum absolute atomic E-state index is 0.688. The summed E-state index contributed by atoms with van der Waals surface area (Å²) in [5, 5.41) is 15.0. The first-order valence-electron chi connectivity index (χ1n) is 7.46. The fraction of sp³-hybridized carbons (Fsp3) is 0.118. The van der Waals surface area contributed by atoms with Gasteiger partial charge < -0.3 is 10.6 Å². The quantitative estimate of drug-likeness (QED) is 0.607. The van der Waals surface area contributed by atoms with Gasteiger partial charge >= 0.3 is 0 Å². The molecule has 0 saturated carbocycles. The van der Waals surface area contributed by atoms with Crippen LogP contribution in [0.5, 0.6) is 0 Å². The van der Waals surface area contributed by atoms with Crippen LogP contribution in [0.2, 0.25) is 0 Å². The Bertz CT molecular complexity index is 961. The molecular weight excluding hydrogens is 288 g/mol. The maximum Gasteiger partial charge on any atom is 0.230 e. The molecule has 6 nitrogen and oxygen atoms in total. The number of fused-ring (bicyclic) bond motifs is 3. The van der Waals surface area contributed by atoms with Gasteiger partial charge in [-0.05, 0) is 17.7 Å². The summed E-state index contributed by atoms with van der Waals surface area (Å²) in [6, 6.07) is 18.2. The van der Waals surface area contributed by atoms with Crippen molar-refractivity contribution >= 4 is 28.4 Å². The summed E-state index contributed by atoms with van der Waals surface area (Å²) >= 11 is 0. The first-order valence-corrected chi connectivity index (χ1v) is 7.46. The molecule has 114 valence electrons. The first kappa shape index (κ1) is 13.5. The van der Waals surface area contributed by atoms with Crippen molar-refractivity contribution in [2.75, 3.05) is 17.7 Å². The fourth-order valence-corrected chi connectivity index (χ4v) is 2.64. The van der Waals surface area contributed by atoms with Crippen molar-refractivity contribution in [1.29, 1.82) is 0 Å². The lowest BCUT2D eigenvalue weighted by molar-refractivity contribution is 1.04. The average Bonchev–Trinajstić information content (AvgIpc) is 3.04. The molecule has 0 aliphatic heterocycles. The van der Waals surface area contributed by atoms with Crippen LogP contribution in [0.25, 0.3) is 16.7 Å². The van der Waals surface area contributed by atoms with Crippen LogP contribution in [-0.2, 0) is 6.54 Å². The molecule has 0 bridgehead atoms. The van der Waals surface area contributed by atoms with Crippen LogP contribution >= 0.6 is 0 Å². The molecule has 2 N–H and O–H groups in total. The van der Waals surface area contributed by atoms with Gasteiger partial charge in [-0.3, -0.25) is 4.40 Å². The fourth-order valence-electron chi connectivity index (χ4n) is 2.64. The zero-order valence-electron chi connectivity index (χ0n) is 12.7. The number of hydrogen-bond acceptors (Lipinski definition) is 5. The second-order valence-corrected chi connectivity index (χ2v) is 5.22. The third-order valence-electron chi connectivity index (χ3n) is 3.76. The predicted octanol–water partition coefficient (Wildman–Crippen LogP) is 2.93. The topological polar surface area (TPSA) is 67.1 Å². The number of nitrogens with one attached hydrogen (secondary N) is 2. The molecular formula is C17H16N6. The highest BCUT2D eigenvalue weighted by Crippen LogP contribution is 2.23. The predicted molar refractivity (Wildman–Crippen MR) is 91.6 cm³/mol. The van der Waals surface area contributed by atoms with Gasteiger partial charge in [-0.2, -0.15) is 0 Å². The van der Waals surface area contributed by atoms with Crippen molar-refractivity contribution in [3.8, 4) is 0 Å². The number of para-hydroxylation sites is 2. The Hall–Kier alpha value is -3.15. The van der Waals surface area contributed by atoms with E-state index < -0.39 is 0 Å². The summed E-state index contributed by atoms with van der Waals surface area (Å²) in [6.07, 6.45) is 0. The van der Waals surface area contributed by atoms with E-state index in [9.17, 15) is 0 Å². The van der Waals surface area contributed by atoms with Gasteiger partial charge in [0, 0.05) is 13.6 Å². The monoisotopic (exact) mass is 304 g/mol. The maximum absolute atomic E-state index is 4.59. The molecule has 0 radical (unpaired) electrons. The van der Waals surface area contributed by atoms with Crippen LogP contribution in [0.15, 0.2) is 54.6 Å². The molecule has 0 fully saturated rings. The normalized spacial score (nSPS) is 11.0. The number of anilines is 2. The van der Waals surface area contributed by atoms with Gasteiger partial charge in [0.05, 0.1) is 11.0 Å². The van der Waals surface area contributed by atoms with E-state index in [1.54, 1.807) is 0 Å². The van der Waals surface area contributed by atoms with Crippen LogP contribution in [0.1, 0.15) is 5.56 Å². The second-order valence-electron chi connectivity index (χ2n) is 5.22. The van der Waals surface area contributed by atoms with Gasteiger partial charge in [-0.15, -0.1) is 10.2 Å². The van der Waals surface area contributed by atoms with Crippen LogP contribution < -0.4 is 10.6 Å². The second kappa shape index (κ2) is 5.57. The molecule has 2 aromatic heterocycles. The minimum atomic E-state index is 0.688. The first-order chi connectivity index (χ1) is 11.4. The lowest BCUT2D eigenvalue weighted by Gasteiger charge is -2.09. The molecule has 0 spiro atoms. The molecule has 6 heteroatoms. The molecule has 0 aliphatic carbocycles. The van der Waals surface area contributed by atoms with Gasteiger partial charge in [0.15, 0.2) is 5.82 Å². The van der Waals surface area contributed by atoms with Crippen molar-refractivity contribution < 1.29 is 0 Å². The molecule has 0 atom stereocenters. The number of aromatic nitrogens is 4. The van der Waals surface area contributed by atoms with E-state index >= 15 is 0 Å². The van der Waals surface area contributed by atoms with Crippen molar-refractivity contribution in [2.45, 2.75) is 6.54 Å². The zero-order valence-corrected chi connectivity index (χ0v) is 12.7. The van der Waals surface area contributed by atoms with Gasteiger partial charge in [0.2, 0.25) is 11.6 Å². The van der Waals surface area contributed by atoms with Gasteiger partial charge in [-0.25, -0.2) is 4.98 Å². The molecule has 23 heavy (non-hydrogen) atoms. The molecule has 0 aliphatic rings. The Balaban J connectivity index is 1.82. The van der Waals surface area contributed by atoms with E-state index in [0.717, 1.165) is 11.0 Å². The molecule has 4 rings (SSSR count). The van der Waals surface area contributed by atoms with Crippen LogP contribution in [-0.4, -0.2) is 26.6 Å². The minimum Gasteiger partial charge on any atom is -0.370 e. The highest BCUT2D eigenvalue weighted by Gasteiger charge is 2.13. The van der Waals surface area contributed by atoms with Gasteiger partial charge in [0.25, 0.3) is 0 Å². The summed E-state index contributed by atoms with van der Waals surface area (Å²) in [5.74, 6) is 1.42.